The van der Waals surface area contributed by atoms with Gasteiger partial charge < -0.3 is 15.4 Å². The fourth-order valence-electron chi connectivity index (χ4n) is 2.24. The van der Waals surface area contributed by atoms with Gasteiger partial charge in [-0.25, -0.2) is 0 Å². The normalized spacial score (nSPS) is 13.2. The van der Waals surface area contributed by atoms with E-state index in [-0.39, 0.29) is 17.9 Å². The quantitative estimate of drug-likeness (QED) is 0.872. The van der Waals surface area contributed by atoms with Crippen LogP contribution in [0.15, 0.2) is 42.5 Å². The topological polar surface area (TPSA) is 67.4 Å². The van der Waals surface area contributed by atoms with Crippen LogP contribution in [0.3, 0.4) is 0 Å². The van der Waals surface area contributed by atoms with Gasteiger partial charge in [-0.15, -0.1) is 0 Å². The molecule has 2 N–H and O–H groups in total. The van der Waals surface area contributed by atoms with E-state index in [1.807, 2.05) is 0 Å². The highest BCUT2D eigenvalue weighted by atomic mass is 35.5. The molecule has 0 aromatic heterocycles. The zero-order valence-electron chi connectivity index (χ0n) is 13.1. The number of nitrogens with one attached hydrogen (secondary N) is 2. The summed E-state index contributed by atoms with van der Waals surface area (Å²) in [5.74, 6) is 0.0907. The standard InChI is InChI=1S/C18H17ClN2O3/c1-24-14-4-2-3-11(9-14)17(22)21-13-7-8-16(19)15(10-13)18(23)20-12-5-6-12/h2-4,7-10,12H,5-6H2,1H3,(H,20,23)(H,21,22). The summed E-state index contributed by atoms with van der Waals surface area (Å²) >= 11 is 6.10. The second-order valence-corrected chi connectivity index (χ2v) is 6.04. The highest BCUT2D eigenvalue weighted by molar-refractivity contribution is 6.34. The van der Waals surface area contributed by atoms with Gasteiger partial charge in [0.25, 0.3) is 11.8 Å². The number of hydrogen-bond acceptors (Lipinski definition) is 3. The maximum atomic E-state index is 12.3. The summed E-state index contributed by atoms with van der Waals surface area (Å²) < 4.78 is 5.11. The van der Waals surface area contributed by atoms with Crippen molar-refractivity contribution in [1.82, 2.24) is 5.32 Å². The monoisotopic (exact) mass is 344 g/mol. The van der Waals surface area contributed by atoms with Crippen molar-refractivity contribution in [2.24, 2.45) is 0 Å². The third kappa shape index (κ3) is 3.86. The molecule has 1 saturated carbocycles. The minimum atomic E-state index is -0.287. The maximum Gasteiger partial charge on any atom is 0.255 e. The Kier molecular flexibility index (Phi) is 4.71. The Morgan fingerprint density at radius 1 is 1.12 bits per heavy atom. The Morgan fingerprint density at radius 2 is 1.92 bits per heavy atom. The molecule has 124 valence electrons. The third-order valence-electron chi connectivity index (χ3n) is 3.71. The molecule has 5 nitrogen and oxygen atoms in total. The van der Waals surface area contributed by atoms with E-state index >= 15 is 0 Å². The van der Waals surface area contributed by atoms with Crippen LogP contribution in [0.4, 0.5) is 5.69 Å². The lowest BCUT2D eigenvalue weighted by atomic mass is 10.1. The van der Waals surface area contributed by atoms with E-state index in [2.05, 4.69) is 10.6 Å². The van der Waals surface area contributed by atoms with Crippen molar-refractivity contribution in [2.45, 2.75) is 18.9 Å². The summed E-state index contributed by atoms with van der Waals surface area (Å²) in [7, 11) is 1.54. The van der Waals surface area contributed by atoms with Gasteiger partial charge in [0.1, 0.15) is 5.75 Å². The Bertz CT molecular complexity index is 788. The average Bonchev–Trinajstić information content (AvgIpc) is 3.40. The summed E-state index contributed by atoms with van der Waals surface area (Å²) in [5.41, 5.74) is 1.33. The lowest BCUT2D eigenvalue weighted by molar-refractivity contribution is 0.0949. The summed E-state index contributed by atoms with van der Waals surface area (Å²) in [6.45, 7) is 0. The fraction of sp³-hybridized carbons (Fsp3) is 0.222. The Balaban J connectivity index is 1.76. The van der Waals surface area contributed by atoms with Crippen molar-refractivity contribution in [3.8, 4) is 5.75 Å². The van der Waals surface area contributed by atoms with E-state index in [0.29, 0.717) is 27.6 Å². The van der Waals surface area contributed by atoms with Gasteiger partial charge in [0, 0.05) is 17.3 Å². The van der Waals surface area contributed by atoms with Crippen LogP contribution in [0.25, 0.3) is 0 Å². The van der Waals surface area contributed by atoms with E-state index in [1.165, 1.54) is 0 Å². The number of anilines is 1. The first-order valence-electron chi connectivity index (χ1n) is 7.62. The molecule has 6 heteroatoms. The zero-order valence-corrected chi connectivity index (χ0v) is 13.9. The third-order valence-corrected chi connectivity index (χ3v) is 4.04. The summed E-state index contributed by atoms with van der Waals surface area (Å²) in [5, 5.41) is 6.01. The molecule has 0 atom stereocenters. The molecule has 0 radical (unpaired) electrons. The molecule has 1 aliphatic carbocycles. The summed E-state index contributed by atoms with van der Waals surface area (Å²) in [4.78, 5) is 24.5. The number of ether oxygens (including phenoxy) is 1. The van der Waals surface area contributed by atoms with Crippen LogP contribution in [0.5, 0.6) is 5.75 Å². The number of hydrogen-bond donors (Lipinski definition) is 2. The molecule has 0 spiro atoms. The number of carbonyl (C=O) groups excluding carboxylic acids is 2. The number of benzene rings is 2. The van der Waals surface area contributed by atoms with Gasteiger partial charge in [-0.05, 0) is 49.2 Å². The molecule has 2 amide bonds. The molecule has 24 heavy (non-hydrogen) atoms. The van der Waals surface area contributed by atoms with Gasteiger partial charge >= 0.3 is 0 Å². The van der Waals surface area contributed by atoms with Gasteiger partial charge in [-0.1, -0.05) is 17.7 Å². The molecular formula is C18H17ClN2O3. The largest absolute Gasteiger partial charge is 0.497 e. The number of methoxy groups -OCH3 is 1. The molecule has 3 rings (SSSR count). The number of carbonyl (C=O) groups is 2. The Hall–Kier alpha value is -2.53. The van der Waals surface area contributed by atoms with E-state index in [0.717, 1.165) is 12.8 Å². The van der Waals surface area contributed by atoms with Crippen molar-refractivity contribution in [1.29, 1.82) is 0 Å². The molecule has 2 aromatic rings. The second-order valence-electron chi connectivity index (χ2n) is 5.63. The molecule has 0 aliphatic heterocycles. The molecule has 0 saturated heterocycles. The van der Waals surface area contributed by atoms with Crippen molar-refractivity contribution in [3.63, 3.8) is 0 Å². The van der Waals surface area contributed by atoms with Gasteiger partial charge in [0.15, 0.2) is 0 Å². The molecular weight excluding hydrogens is 328 g/mol. The van der Waals surface area contributed by atoms with Crippen LogP contribution in [0, 0.1) is 0 Å². The molecule has 0 unspecified atom stereocenters. The van der Waals surface area contributed by atoms with Crippen LogP contribution in [0.1, 0.15) is 33.6 Å². The van der Waals surface area contributed by atoms with Crippen LogP contribution in [0.2, 0.25) is 5.02 Å². The van der Waals surface area contributed by atoms with E-state index in [4.69, 9.17) is 16.3 Å². The highest BCUT2D eigenvalue weighted by Crippen LogP contribution is 2.24. The van der Waals surface area contributed by atoms with Crippen LogP contribution < -0.4 is 15.4 Å². The van der Waals surface area contributed by atoms with Crippen molar-refractivity contribution < 1.29 is 14.3 Å². The predicted octanol–water partition coefficient (Wildman–Crippen LogP) is 3.49. The van der Waals surface area contributed by atoms with E-state index in [9.17, 15) is 9.59 Å². The number of amides is 2. The smallest absolute Gasteiger partial charge is 0.255 e. The minimum absolute atomic E-state index is 0.222. The van der Waals surface area contributed by atoms with Crippen LogP contribution >= 0.6 is 11.6 Å². The Morgan fingerprint density at radius 3 is 2.62 bits per heavy atom. The second kappa shape index (κ2) is 6.93. The predicted molar refractivity (Wildman–Crippen MR) is 92.9 cm³/mol. The lowest BCUT2D eigenvalue weighted by Crippen LogP contribution is -2.25. The van der Waals surface area contributed by atoms with Crippen molar-refractivity contribution in [2.75, 3.05) is 12.4 Å². The van der Waals surface area contributed by atoms with Crippen LogP contribution in [-0.2, 0) is 0 Å². The highest BCUT2D eigenvalue weighted by Gasteiger charge is 2.25. The van der Waals surface area contributed by atoms with Gasteiger partial charge in [0.2, 0.25) is 0 Å². The first kappa shape index (κ1) is 16.3. The van der Waals surface area contributed by atoms with Gasteiger partial charge in [0.05, 0.1) is 17.7 Å². The fourth-order valence-corrected chi connectivity index (χ4v) is 2.44. The van der Waals surface area contributed by atoms with E-state index < -0.39 is 0 Å². The average molecular weight is 345 g/mol. The molecule has 0 heterocycles. The molecule has 1 aliphatic rings. The van der Waals surface area contributed by atoms with Crippen molar-refractivity contribution in [3.05, 3.63) is 58.6 Å². The number of halogens is 1. The van der Waals surface area contributed by atoms with E-state index in [1.54, 1.807) is 49.6 Å². The Labute approximate surface area is 145 Å². The first-order chi connectivity index (χ1) is 11.6. The molecule has 0 bridgehead atoms. The zero-order chi connectivity index (χ0) is 17.1. The number of rotatable bonds is 5. The van der Waals surface area contributed by atoms with Gasteiger partial charge in [-0.3, -0.25) is 9.59 Å². The SMILES string of the molecule is COc1cccc(C(=O)Nc2ccc(Cl)c(C(=O)NC3CC3)c2)c1. The molecule has 2 aromatic carbocycles. The maximum absolute atomic E-state index is 12.3. The van der Waals surface area contributed by atoms with Crippen LogP contribution in [-0.4, -0.2) is 25.0 Å². The first-order valence-corrected chi connectivity index (χ1v) is 8.00. The lowest BCUT2D eigenvalue weighted by Gasteiger charge is -2.10. The minimum Gasteiger partial charge on any atom is -0.497 e. The summed E-state index contributed by atoms with van der Waals surface area (Å²) in [6.07, 6.45) is 1.99. The molecule has 1 fully saturated rings. The van der Waals surface area contributed by atoms with Crippen molar-refractivity contribution >= 4 is 29.1 Å². The summed E-state index contributed by atoms with van der Waals surface area (Å²) in [6, 6.07) is 11.9. The van der Waals surface area contributed by atoms with Gasteiger partial charge in [-0.2, -0.15) is 0 Å².